The van der Waals surface area contributed by atoms with Gasteiger partial charge in [0.25, 0.3) is 0 Å². The molecule has 0 aliphatic rings. The largest absolute Gasteiger partial charge is 0.480 e. The molecule has 1 unspecified atom stereocenters. The van der Waals surface area contributed by atoms with Crippen LogP contribution in [0.5, 0.6) is 0 Å². The van der Waals surface area contributed by atoms with E-state index in [1.54, 1.807) is 23.5 Å². The number of aliphatic carboxylic acids is 1. The van der Waals surface area contributed by atoms with Crippen LogP contribution in [0, 0.1) is 0 Å². The SMILES string of the molecule is C/C=C/CC(NC(=O)CCCCc1nc2ccccc2s1)C(=O)O. The number of aryl methyl sites for hydroxylation is 1. The van der Waals surface area contributed by atoms with E-state index in [1.807, 2.05) is 25.1 Å². The second-order valence-corrected chi connectivity index (χ2v) is 6.66. The van der Waals surface area contributed by atoms with E-state index in [-0.39, 0.29) is 5.91 Å². The van der Waals surface area contributed by atoms with Crippen LogP contribution in [0.15, 0.2) is 36.4 Å². The quantitative estimate of drug-likeness (QED) is 0.537. The number of allylic oxidation sites excluding steroid dienone is 1. The number of rotatable bonds is 9. The number of para-hydroxylation sites is 1. The number of hydrogen-bond acceptors (Lipinski definition) is 4. The molecule has 128 valence electrons. The summed E-state index contributed by atoms with van der Waals surface area (Å²) < 4.78 is 1.18. The Morgan fingerprint density at radius 3 is 2.83 bits per heavy atom. The van der Waals surface area contributed by atoms with Crippen molar-refractivity contribution < 1.29 is 14.7 Å². The van der Waals surface area contributed by atoms with Gasteiger partial charge in [0.15, 0.2) is 0 Å². The number of aromatic nitrogens is 1. The van der Waals surface area contributed by atoms with Crippen molar-refractivity contribution in [2.45, 2.75) is 45.1 Å². The molecule has 1 heterocycles. The lowest BCUT2D eigenvalue weighted by Crippen LogP contribution is -2.40. The first kappa shape index (κ1) is 18.1. The minimum Gasteiger partial charge on any atom is -0.480 e. The Morgan fingerprint density at radius 2 is 2.12 bits per heavy atom. The highest BCUT2D eigenvalue weighted by molar-refractivity contribution is 7.18. The van der Waals surface area contributed by atoms with Crippen molar-refractivity contribution in [2.75, 3.05) is 0 Å². The normalized spacial score (nSPS) is 12.5. The first-order valence-corrected chi connectivity index (χ1v) is 8.89. The Kier molecular flexibility index (Phi) is 6.93. The predicted molar refractivity (Wildman–Crippen MR) is 96.2 cm³/mol. The molecule has 0 aliphatic carbocycles. The van der Waals surface area contributed by atoms with E-state index >= 15 is 0 Å². The first-order chi connectivity index (χ1) is 11.6. The van der Waals surface area contributed by atoms with Crippen molar-refractivity contribution in [3.8, 4) is 0 Å². The van der Waals surface area contributed by atoms with Gasteiger partial charge in [-0.1, -0.05) is 24.3 Å². The van der Waals surface area contributed by atoms with Crippen LogP contribution in [0.4, 0.5) is 0 Å². The van der Waals surface area contributed by atoms with Gasteiger partial charge in [-0.05, 0) is 44.7 Å². The molecule has 0 bridgehead atoms. The molecule has 24 heavy (non-hydrogen) atoms. The summed E-state index contributed by atoms with van der Waals surface area (Å²) in [7, 11) is 0. The van der Waals surface area contributed by atoms with Crippen molar-refractivity contribution in [3.63, 3.8) is 0 Å². The van der Waals surface area contributed by atoms with Gasteiger partial charge in [-0.15, -0.1) is 11.3 Å². The van der Waals surface area contributed by atoms with Gasteiger partial charge in [0, 0.05) is 6.42 Å². The van der Waals surface area contributed by atoms with Crippen LogP contribution in [0.2, 0.25) is 0 Å². The lowest BCUT2D eigenvalue weighted by molar-refractivity contribution is -0.141. The average Bonchev–Trinajstić information content (AvgIpc) is 2.98. The monoisotopic (exact) mass is 346 g/mol. The maximum absolute atomic E-state index is 11.9. The highest BCUT2D eigenvalue weighted by atomic mass is 32.1. The number of unbranched alkanes of at least 4 members (excludes halogenated alkanes) is 1. The Hall–Kier alpha value is -2.21. The molecular weight excluding hydrogens is 324 g/mol. The zero-order valence-corrected chi connectivity index (χ0v) is 14.5. The highest BCUT2D eigenvalue weighted by Crippen LogP contribution is 2.22. The van der Waals surface area contributed by atoms with Crippen LogP contribution < -0.4 is 5.32 Å². The molecule has 0 aliphatic heterocycles. The number of carboxylic acid groups (broad SMARTS) is 1. The van der Waals surface area contributed by atoms with Gasteiger partial charge < -0.3 is 10.4 Å². The van der Waals surface area contributed by atoms with Crippen LogP contribution in [-0.2, 0) is 16.0 Å². The van der Waals surface area contributed by atoms with Crippen molar-refractivity contribution in [3.05, 3.63) is 41.4 Å². The topological polar surface area (TPSA) is 79.3 Å². The molecule has 2 aromatic rings. The van der Waals surface area contributed by atoms with Crippen molar-refractivity contribution in [1.29, 1.82) is 0 Å². The van der Waals surface area contributed by atoms with E-state index < -0.39 is 12.0 Å². The zero-order chi connectivity index (χ0) is 17.4. The molecule has 1 aromatic carbocycles. The Morgan fingerprint density at radius 1 is 1.33 bits per heavy atom. The van der Waals surface area contributed by atoms with E-state index in [2.05, 4.69) is 16.4 Å². The number of benzene rings is 1. The Labute approximate surface area is 145 Å². The summed E-state index contributed by atoms with van der Waals surface area (Å²) in [6.07, 6.45) is 6.59. The molecule has 2 rings (SSSR count). The van der Waals surface area contributed by atoms with Crippen LogP contribution in [0.1, 0.15) is 37.6 Å². The van der Waals surface area contributed by atoms with Gasteiger partial charge in [-0.2, -0.15) is 0 Å². The summed E-state index contributed by atoms with van der Waals surface area (Å²) in [5, 5.41) is 12.7. The van der Waals surface area contributed by atoms with Gasteiger partial charge in [0.1, 0.15) is 6.04 Å². The van der Waals surface area contributed by atoms with Crippen LogP contribution in [-0.4, -0.2) is 28.0 Å². The fraction of sp³-hybridized carbons (Fsp3) is 0.389. The number of carbonyl (C=O) groups is 2. The molecule has 1 aromatic heterocycles. The number of thiazole rings is 1. The fourth-order valence-electron chi connectivity index (χ4n) is 2.35. The van der Waals surface area contributed by atoms with Crippen LogP contribution >= 0.6 is 11.3 Å². The van der Waals surface area contributed by atoms with Crippen molar-refractivity contribution in [2.24, 2.45) is 0 Å². The second-order valence-electron chi connectivity index (χ2n) is 5.55. The van der Waals surface area contributed by atoms with Gasteiger partial charge in [0.2, 0.25) is 5.91 Å². The van der Waals surface area contributed by atoms with Gasteiger partial charge in [-0.25, -0.2) is 9.78 Å². The maximum atomic E-state index is 11.9. The third-order valence-electron chi connectivity index (χ3n) is 3.62. The molecule has 0 radical (unpaired) electrons. The van der Waals surface area contributed by atoms with E-state index in [0.717, 1.165) is 29.8 Å². The minimum absolute atomic E-state index is 0.212. The first-order valence-electron chi connectivity index (χ1n) is 8.08. The number of hydrogen-bond donors (Lipinski definition) is 2. The summed E-state index contributed by atoms with van der Waals surface area (Å²) in [5.74, 6) is -1.22. The van der Waals surface area contributed by atoms with Crippen LogP contribution in [0.3, 0.4) is 0 Å². The van der Waals surface area contributed by atoms with Crippen molar-refractivity contribution >= 4 is 33.4 Å². The summed E-state index contributed by atoms with van der Waals surface area (Å²) in [6, 6.07) is 7.18. The molecule has 1 atom stereocenters. The summed E-state index contributed by atoms with van der Waals surface area (Å²) in [5.41, 5.74) is 1.02. The molecule has 0 saturated heterocycles. The van der Waals surface area contributed by atoms with Gasteiger partial charge >= 0.3 is 5.97 Å². The lowest BCUT2D eigenvalue weighted by atomic mass is 10.1. The summed E-state index contributed by atoms with van der Waals surface area (Å²) >= 11 is 1.68. The molecule has 6 heteroatoms. The number of carboxylic acids is 1. The highest BCUT2D eigenvalue weighted by Gasteiger charge is 2.17. The van der Waals surface area contributed by atoms with E-state index in [0.29, 0.717) is 12.8 Å². The number of amides is 1. The molecule has 0 spiro atoms. The Bertz CT molecular complexity index is 691. The van der Waals surface area contributed by atoms with Crippen LogP contribution in [0.25, 0.3) is 10.2 Å². The minimum atomic E-state index is -1.00. The lowest BCUT2D eigenvalue weighted by Gasteiger charge is -2.12. The third-order valence-corrected chi connectivity index (χ3v) is 4.72. The second kappa shape index (κ2) is 9.17. The third kappa shape index (κ3) is 5.45. The predicted octanol–water partition coefficient (Wildman–Crippen LogP) is 3.54. The molecular formula is C18H22N2O3S. The zero-order valence-electron chi connectivity index (χ0n) is 13.7. The van der Waals surface area contributed by atoms with Gasteiger partial charge in [0.05, 0.1) is 15.2 Å². The molecule has 0 fully saturated rings. The molecule has 2 N–H and O–H groups in total. The number of carbonyl (C=O) groups excluding carboxylic acids is 1. The van der Waals surface area contributed by atoms with E-state index in [4.69, 9.17) is 5.11 Å². The molecule has 1 amide bonds. The number of fused-ring (bicyclic) bond motifs is 1. The summed E-state index contributed by atoms with van der Waals surface area (Å²) in [4.78, 5) is 27.5. The van der Waals surface area contributed by atoms with E-state index in [1.165, 1.54) is 4.70 Å². The smallest absolute Gasteiger partial charge is 0.326 e. The van der Waals surface area contributed by atoms with Gasteiger partial charge in [-0.3, -0.25) is 4.79 Å². The summed E-state index contributed by atoms with van der Waals surface area (Å²) in [6.45, 7) is 1.82. The van der Waals surface area contributed by atoms with E-state index in [9.17, 15) is 9.59 Å². The number of nitrogens with one attached hydrogen (secondary N) is 1. The number of nitrogens with zero attached hydrogens (tertiary/aromatic N) is 1. The standard InChI is InChI=1S/C18H22N2O3S/c1-2-3-8-14(18(22)23)19-16(21)11-6-7-12-17-20-13-9-4-5-10-15(13)24-17/h2-5,9-10,14H,6-8,11-12H2,1H3,(H,19,21)(H,22,23)/b3-2+. The molecule has 5 nitrogen and oxygen atoms in total. The Balaban J connectivity index is 1.72. The fourth-order valence-corrected chi connectivity index (χ4v) is 3.36. The average molecular weight is 346 g/mol. The molecule has 0 saturated carbocycles. The maximum Gasteiger partial charge on any atom is 0.326 e. The van der Waals surface area contributed by atoms with Crippen molar-refractivity contribution in [1.82, 2.24) is 10.3 Å².